The molecule has 0 spiro atoms. The topological polar surface area (TPSA) is 75.6 Å². The van der Waals surface area contributed by atoms with E-state index in [0.29, 0.717) is 6.61 Å². The van der Waals surface area contributed by atoms with Gasteiger partial charge in [-0.3, -0.25) is 14.3 Å². The second-order valence-electron chi connectivity index (χ2n) is 4.47. The molecule has 0 amide bonds. The average molecular weight is 267 g/mol. The zero-order valence-corrected chi connectivity index (χ0v) is 10.4. The monoisotopic (exact) mass is 267 g/mol. The average Bonchev–Trinajstić information content (AvgIpc) is 2.38. The summed E-state index contributed by atoms with van der Waals surface area (Å²) in [6, 6.07) is 6.53. The zero-order valence-electron chi connectivity index (χ0n) is 9.54. The number of ether oxygens (including phenoxy) is 1. The molecule has 0 aliphatic carbocycles. The van der Waals surface area contributed by atoms with Gasteiger partial charge in [-0.2, -0.15) is 0 Å². The minimum atomic E-state index is -1.18. The Labute approximate surface area is 107 Å². The van der Waals surface area contributed by atoms with Crippen LogP contribution in [0.15, 0.2) is 24.3 Å². The third kappa shape index (κ3) is 1.81. The first-order valence-electron chi connectivity index (χ1n) is 5.74. The van der Waals surface area contributed by atoms with Gasteiger partial charge >= 0.3 is 5.97 Å². The Morgan fingerprint density at radius 3 is 3.00 bits per heavy atom. The molecule has 0 bridgehead atoms. The normalized spacial score (nSPS) is 34.0. The molecule has 0 aromatic heterocycles. The number of nitrogens with one attached hydrogen (secondary N) is 1. The molecule has 2 heterocycles. The molecule has 1 aromatic rings. The van der Waals surface area contributed by atoms with E-state index in [9.17, 15) is 9.00 Å². The van der Waals surface area contributed by atoms with E-state index in [2.05, 4.69) is 5.32 Å². The van der Waals surface area contributed by atoms with Crippen molar-refractivity contribution in [3.63, 3.8) is 0 Å². The molecule has 4 atom stereocenters. The van der Waals surface area contributed by atoms with Crippen molar-refractivity contribution in [2.75, 3.05) is 12.4 Å². The third-order valence-corrected chi connectivity index (χ3v) is 5.12. The van der Waals surface area contributed by atoms with E-state index in [0.717, 1.165) is 11.3 Å². The lowest BCUT2D eigenvalue weighted by atomic mass is 9.99. The van der Waals surface area contributed by atoms with Crippen molar-refractivity contribution in [3.05, 3.63) is 29.8 Å². The van der Waals surface area contributed by atoms with Crippen LogP contribution in [0.1, 0.15) is 11.6 Å². The summed E-state index contributed by atoms with van der Waals surface area (Å²) >= 11 is 0. The Kier molecular flexibility index (Phi) is 2.83. The number of benzene rings is 1. The fourth-order valence-corrected chi connectivity index (χ4v) is 4.02. The summed E-state index contributed by atoms with van der Waals surface area (Å²) in [6.45, 7) is 0.369. The van der Waals surface area contributed by atoms with Gasteiger partial charge in [0.15, 0.2) is 0 Å². The van der Waals surface area contributed by atoms with Crippen LogP contribution in [0, 0.1) is 0 Å². The molecule has 2 aliphatic rings. The van der Waals surface area contributed by atoms with Gasteiger partial charge in [0, 0.05) is 16.4 Å². The number of carboxylic acids is 1. The summed E-state index contributed by atoms with van der Waals surface area (Å²) in [5.41, 5.74) is 0.896. The number of rotatable bonds is 1. The van der Waals surface area contributed by atoms with Crippen LogP contribution in [-0.2, 0) is 15.6 Å². The van der Waals surface area contributed by atoms with Crippen molar-refractivity contribution in [2.24, 2.45) is 0 Å². The minimum absolute atomic E-state index is 0.141. The van der Waals surface area contributed by atoms with Gasteiger partial charge in [0.05, 0.1) is 17.0 Å². The van der Waals surface area contributed by atoms with Crippen molar-refractivity contribution >= 4 is 16.8 Å². The van der Waals surface area contributed by atoms with Crippen LogP contribution in [0.2, 0.25) is 0 Å². The van der Waals surface area contributed by atoms with Crippen LogP contribution in [0.3, 0.4) is 0 Å². The molecule has 5 nitrogen and oxygen atoms in total. The van der Waals surface area contributed by atoms with Crippen LogP contribution < -0.4 is 10.1 Å². The summed E-state index contributed by atoms with van der Waals surface area (Å²) in [6.07, 6.45) is 0. The van der Waals surface area contributed by atoms with Gasteiger partial charge in [-0.1, -0.05) is 18.2 Å². The molecule has 3 rings (SSSR count). The molecular formula is C12H13NO4S. The van der Waals surface area contributed by atoms with Crippen LogP contribution in [0.25, 0.3) is 0 Å². The van der Waals surface area contributed by atoms with Gasteiger partial charge in [0.1, 0.15) is 18.4 Å². The van der Waals surface area contributed by atoms with Crippen LogP contribution in [0.4, 0.5) is 0 Å². The predicted molar refractivity (Wildman–Crippen MR) is 66.0 cm³/mol. The lowest BCUT2D eigenvalue weighted by Gasteiger charge is -2.39. The molecule has 96 valence electrons. The Balaban J connectivity index is 1.98. The summed E-state index contributed by atoms with van der Waals surface area (Å²) < 4.78 is 17.7. The molecule has 4 unspecified atom stereocenters. The Bertz CT molecular complexity index is 519. The lowest BCUT2D eigenvalue weighted by Crippen LogP contribution is -2.56. The highest BCUT2D eigenvalue weighted by molar-refractivity contribution is 7.85. The van der Waals surface area contributed by atoms with Gasteiger partial charge in [-0.15, -0.1) is 0 Å². The van der Waals surface area contributed by atoms with Crippen molar-refractivity contribution in [3.8, 4) is 5.75 Å². The summed E-state index contributed by atoms with van der Waals surface area (Å²) in [7, 11) is -1.18. The van der Waals surface area contributed by atoms with E-state index < -0.39 is 22.8 Å². The number of fused-ring (bicyclic) bond motifs is 3. The van der Waals surface area contributed by atoms with E-state index in [1.807, 2.05) is 24.3 Å². The van der Waals surface area contributed by atoms with Crippen molar-refractivity contribution < 1.29 is 18.8 Å². The summed E-state index contributed by atoms with van der Waals surface area (Å²) in [4.78, 5) is 11.1. The Morgan fingerprint density at radius 1 is 1.44 bits per heavy atom. The first-order valence-corrected chi connectivity index (χ1v) is 7.13. The highest BCUT2D eigenvalue weighted by atomic mass is 32.2. The van der Waals surface area contributed by atoms with Crippen LogP contribution >= 0.6 is 0 Å². The minimum Gasteiger partial charge on any atom is -0.492 e. The van der Waals surface area contributed by atoms with E-state index in [4.69, 9.17) is 9.84 Å². The van der Waals surface area contributed by atoms with Gasteiger partial charge in [-0.05, 0) is 6.07 Å². The van der Waals surface area contributed by atoms with E-state index in [1.165, 1.54) is 0 Å². The lowest BCUT2D eigenvalue weighted by molar-refractivity contribution is -0.139. The molecule has 6 heteroatoms. The quantitative estimate of drug-likeness (QED) is 0.765. The number of carbonyl (C=O) groups is 1. The van der Waals surface area contributed by atoms with Crippen LogP contribution in [0.5, 0.6) is 5.75 Å². The fourth-order valence-electron chi connectivity index (χ4n) is 2.46. The van der Waals surface area contributed by atoms with Gasteiger partial charge in [-0.25, -0.2) is 0 Å². The van der Waals surface area contributed by atoms with Gasteiger partial charge in [0.2, 0.25) is 0 Å². The molecule has 2 aliphatic heterocycles. The maximum Gasteiger partial charge on any atom is 0.321 e. The van der Waals surface area contributed by atoms with Gasteiger partial charge < -0.3 is 9.84 Å². The third-order valence-electron chi connectivity index (χ3n) is 3.38. The van der Waals surface area contributed by atoms with Crippen molar-refractivity contribution in [2.45, 2.75) is 17.3 Å². The summed E-state index contributed by atoms with van der Waals surface area (Å²) in [5.74, 6) is -0.0674. The molecule has 0 saturated carbocycles. The van der Waals surface area contributed by atoms with Gasteiger partial charge in [0.25, 0.3) is 0 Å². The number of hydrogen-bond acceptors (Lipinski definition) is 4. The second kappa shape index (κ2) is 4.37. The summed E-state index contributed by atoms with van der Waals surface area (Å²) in [5, 5.41) is 12.0. The fraction of sp³-hybridized carbons (Fsp3) is 0.417. The Hall–Kier alpha value is -1.40. The predicted octanol–water partition coefficient (Wildman–Crippen LogP) is 0.294. The molecule has 1 aromatic carbocycles. The first-order chi connectivity index (χ1) is 8.66. The molecular weight excluding hydrogens is 254 g/mol. The van der Waals surface area contributed by atoms with Crippen LogP contribution in [-0.4, -0.2) is 38.9 Å². The van der Waals surface area contributed by atoms with E-state index >= 15 is 0 Å². The molecule has 2 N–H and O–H groups in total. The first kappa shape index (κ1) is 11.7. The molecule has 0 radical (unpaired) electrons. The van der Waals surface area contributed by atoms with Crippen molar-refractivity contribution in [1.82, 2.24) is 5.32 Å². The maximum atomic E-state index is 12.1. The number of carboxylic acid groups (broad SMARTS) is 1. The zero-order chi connectivity index (χ0) is 12.7. The highest BCUT2D eigenvalue weighted by Crippen LogP contribution is 2.36. The van der Waals surface area contributed by atoms with E-state index in [-0.39, 0.29) is 17.0 Å². The largest absolute Gasteiger partial charge is 0.492 e. The Morgan fingerprint density at radius 2 is 2.22 bits per heavy atom. The van der Waals surface area contributed by atoms with E-state index in [1.54, 1.807) is 0 Å². The number of aliphatic carboxylic acids is 1. The maximum absolute atomic E-state index is 12.1. The molecule has 18 heavy (non-hydrogen) atoms. The van der Waals surface area contributed by atoms with Crippen molar-refractivity contribution in [1.29, 1.82) is 0 Å². The smallest absolute Gasteiger partial charge is 0.321 e. The molecule has 1 saturated heterocycles. The standard InChI is InChI=1S/C12H13NO4S/c14-12(15)8-6-18(16)10-5-17-9-4-2-1-3-7(9)11(10)13-8/h1-4,8,10-11,13H,5-6H2,(H,14,15). The molecule has 1 fully saturated rings. The second-order valence-corrected chi connectivity index (χ2v) is 6.17. The highest BCUT2D eigenvalue weighted by Gasteiger charge is 2.42. The SMILES string of the molecule is O=C(O)C1CS(=O)C2COc3ccccc3C2N1. The number of hydrogen-bond donors (Lipinski definition) is 2. The number of para-hydroxylation sites is 1.